The van der Waals surface area contributed by atoms with Crippen molar-refractivity contribution in [3.05, 3.63) is 52.3 Å². The molecule has 0 bridgehead atoms. The number of aromatic nitrogens is 2. The number of aryl methyl sites for hydroxylation is 2. The van der Waals surface area contributed by atoms with Crippen molar-refractivity contribution in [2.45, 2.75) is 20.3 Å². The van der Waals surface area contributed by atoms with E-state index in [2.05, 4.69) is 15.3 Å². The molecule has 0 spiro atoms. The van der Waals surface area contributed by atoms with E-state index in [1.807, 2.05) is 13.8 Å². The van der Waals surface area contributed by atoms with Crippen molar-refractivity contribution in [3.63, 3.8) is 0 Å². The lowest BCUT2D eigenvalue weighted by Gasteiger charge is -2.13. The Kier molecular flexibility index (Phi) is 4.58. The summed E-state index contributed by atoms with van der Waals surface area (Å²) in [6.07, 6.45) is 0.797. The highest BCUT2D eigenvalue weighted by Crippen LogP contribution is 2.37. The number of nitrogens with zero attached hydrogens (tertiary/aromatic N) is 2. The number of nitrogens with one attached hydrogen (secondary N) is 1. The number of benzene rings is 2. The van der Waals surface area contributed by atoms with E-state index in [0.717, 1.165) is 23.3 Å². The zero-order valence-electron chi connectivity index (χ0n) is 15.0. The molecule has 1 aromatic heterocycles. The molecule has 1 aliphatic rings. The summed E-state index contributed by atoms with van der Waals surface area (Å²) in [7, 11) is 0. The third-order valence-corrected chi connectivity index (χ3v) is 4.74. The Morgan fingerprint density at radius 2 is 1.67 bits per heavy atom. The van der Waals surface area contributed by atoms with E-state index in [-0.39, 0.29) is 5.91 Å². The molecule has 1 aliphatic heterocycles. The van der Waals surface area contributed by atoms with Gasteiger partial charge in [0, 0.05) is 24.1 Å². The Balaban J connectivity index is 1.63. The van der Waals surface area contributed by atoms with Gasteiger partial charge in [-0.25, -0.2) is 9.97 Å². The van der Waals surface area contributed by atoms with E-state index in [4.69, 9.17) is 21.1 Å². The van der Waals surface area contributed by atoms with Gasteiger partial charge in [-0.1, -0.05) is 11.6 Å². The molecule has 2 aromatic carbocycles. The second-order valence-electron chi connectivity index (χ2n) is 6.38. The number of fused-ring (bicyclic) bond motifs is 2. The van der Waals surface area contributed by atoms with Crippen LogP contribution in [0.3, 0.4) is 0 Å². The fourth-order valence-electron chi connectivity index (χ4n) is 2.85. The first-order valence-electron chi connectivity index (χ1n) is 8.67. The van der Waals surface area contributed by atoms with Gasteiger partial charge in [-0.3, -0.25) is 4.79 Å². The van der Waals surface area contributed by atoms with Crippen LogP contribution in [0.15, 0.2) is 30.3 Å². The third kappa shape index (κ3) is 3.53. The second-order valence-corrected chi connectivity index (χ2v) is 6.79. The first kappa shape index (κ1) is 17.5. The molecule has 6 nitrogen and oxygen atoms in total. The SMILES string of the molecule is Cc1nc2ccc(C(=O)Nc3cc4c(cc3Cl)OCCCO4)cc2nc1C. The average Bonchev–Trinajstić information content (AvgIpc) is 2.87. The van der Waals surface area contributed by atoms with Crippen LogP contribution in [0.1, 0.15) is 28.2 Å². The van der Waals surface area contributed by atoms with Gasteiger partial charge in [0.15, 0.2) is 11.5 Å². The smallest absolute Gasteiger partial charge is 0.255 e. The number of rotatable bonds is 2. The van der Waals surface area contributed by atoms with Gasteiger partial charge < -0.3 is 14.8 Å². The summed E-state index contributed by atoms with van der Waals surface area (Å²) in [6, 6.07) is 8.59. The molecule has 4 rings (SSSR count). The summed E-state index contributed by atoms with van der Waals surface area (Å²) < 4.78 is 11.3. The monoisotopic (exact) mass is 383 g/mol. The Labute approximate surface area is 161 Å². The highest BCUT2D eigenvalue weighted by molar-refractivity contribution is 6.34. The molecule has 1 amide bonds. The molecular weight excluding hydrogens is 366 g/mol. The number of amides is 1. The lowest BCUT2D eigenvalue weighted by Crippen LogP contribution is -2.12. The largest absolute Gasteiger partial charge is 0.490 e. The van der Waals surface area contributed by atoms with Gasteiger partial charge >= 0.3 is 0 Å². The quantitative estimate of drug-likeness (QED) is 0.713. The van der Waals surface area contributed by atoms with E-state index < -0.39 is 0 Å². The van der Waals surface area contributed by atoms with Crippen molar-refractivity contribution in [2.24, 2.45) is 0 Å². The Bertz CT molecular complexity index is 1050. The Morgan fingerprint density at radius 1 is 1.00 bits per heavy atom. The van der Waals surface area contributed by atoms with E-state index in [9.17, 15) is 4.79 Å². The van der Waals surface area contributed by atoms with Crippen LogP contribution in [0.5, 0.6) is 11.5 Å². The number of hydrogen-bond acceptors (Lipinski definition) is 5. The average molecular weight is 384 g/mol. The number of halogens is 1. The molecule has 0 aliphatic carbocycles. The van der Waals surface area contributed by atoms with Crippen molar-refractivity contribution in [1.82, 2.24) is 9.97 Å². The first-order chi connectivity index (χ1) is 13.0. The molecule has 1 N–H and O–H groups in total. The fourth-order valence-corrected chi connectivity index (χ4v) is 3.05. The van der Waals surface area contributed by atoms with E-state index in [1.54, 1.807) is 30.3 Å². The van der Waals surface area contributed by atoms with E-state index >= 15 is 0 Å². The molecule has 0 radical (unpaired) electrons. The van der Waals surface area contributed by atoms with Crippen molar-refractivity contribution in [2.75, 3.05) is 18.5 Å². The standard InChI is InChI=1S/C20H18ClN3O3/c1-11-12(2)23-17-8-13(4-5-15(17)22-11)20(25)24-16-10-19-18(9-14(16)21)26-6-3-7-27-19/h4-5,8-10H,3,6-7H2,1-2H3,(H,24,25). The minimum absolute atomic E-state index is 0.284. The van der Waals surface area contributed by atoms with Gasteiger partial charge in [0.25, 0.3) is 5.91 Å². The van der Waals surface area contributed by atoms with Gasteiger partial charge in [0.05, 0.1) is 46.3 Å². The minimum Gasteiger partial charge on any atom is -0.490 e. The van der Waals surface area contributed by atoms with Crippen molar-refractivity contribution < 1.29 is 14.3 Å². The summed E-state index contributed by atoms with van der Waals surface area (Å²) >= 11 is 6.31. The van der Waals surface area contributed by atoms with Crippen molar-refractivity contribution in [1.29, 1.82) is 0 Å². The maximum atomic E-state index is 12.7. The lowest BCUT2D eigenvalue weighted by atomic mass is 10.1. The predicted molar refractivity (Wildman–Crippen MR) is 104 cm³/mol. The maximum absolute atomic E-state index is 12.7. The van der Waals surface area contributed by atoms with Crippen LogP contribution in [-0.4, -0.2) is 29.1 Å². The van der Waals surface area contributed by atoms with Crippen molar-refractivity contribution in [3.8, 4) is 11.5 Å². The molecule has 3 aromatic rings. The molecular formula is C20H18ClN3O3. The molecule has 0 atom stereocenters. The number of ether oxygens (including phenoxy) is 2. The van der Waals surface area contributed by atoms with E-state index in [1.165, 1.54) is 0 Å². The summed E-state index contributed by atoms with van der Waals surface area (Å²) in [4.78, 5) is 21.7. The van der Waals surface area contributed by atoms with Crippen molar-refractivity contribution >= 4 is 34.2 Å². The van der Waals surface area contributed by atoms with Crippen LogP contribution >= 0.6 is 11.6 Å². The van der Waals surface area contributed by atoms with Crippen LogP contribution in [0.4, 0.5) is 5.69 Å². The molecule has 7 heteroatoms. The van der Waals surface area contributed by atoms with Gasteiger partial charge in [0.2, 0.25) is 0 Å². The maximum Gasteiger partial charge on any atom is 0.255 e. The topological polar surface area (TPSA) is 73.3 Å². The second kappa shape index (κ2) is 7.04. The molecule has 0 saturated heterocycles. The summed E-state index contributed by atoms with van der Waals surface area (Å²) in [5.74, 6) is 0.873. The van der Waals surface area contributed by atoms with Crippen LogP contribution in [0.2, 0.25) is 5.02 Å². The Hall–Kier alpha value is -2.86. The molecule has 0 fully saturated rings. The zero-order chi connectivity index (χ0) is 19.0. The molecule has 138 valence electrons. The first-order valence-corrected chi connectivity index (χ1v) is 9.04. The molecule has 0 unspecified atom stereocenters. The Morgan fingerprint density at radius 3 is 2.41 bits per heavy atom. The number of hydrogen-bond donors (Lipinski definition) is 1. The number of carbonyl (C=O) groups excluding carboxylic acids is 1. The number of anilines is 1. The molecule has 0 saturated carbocycles. The van der Waals surface area contributed by atoms with Crippen LogP contribution in [0.25, 0.3) is 11.0 Å². The molecule has 2 heterocycles. The minimum atomic E-state index is -0.284. The highest BCUT2D eigenvalue weighted by Gasteiger charge is 2.16. The van der Waals surface area contributed by atoms with Gasteiger partial charge in [-0.05, 0) is 32.0 Å². The van der Waals surface area contributed by atoms with Gasteiger partial charge in [0.1, 0.15) is 0 Å². The van der Waals surface area contributed by atoms with Crippen LogP contribution in [0, 0.1) is 13.8 Å². The third-order valence-electron chi connectivity index (χ3n) is 4.42. The number of carbonyl (C=O) groups is 1. The molecule has 27 heavy (non-hydrogen) atoms. The van der Waals surface area contributed by atoms with E-state index in [0.29, 0.717) is 46.5 Å². The summed E-state index contributed by atoms with van der Waals surface area (Å²) in [5.41, 5.74) is 4.09. The highest BCUT2D eigenvalue weighted by atomic mass is 35.5. The summed E-state index contributed by atoms with van der Waals surface area (Å²) in [5, 5.41) is 3.22. The van der Waals surface area contributed by atoms with Crippen LogP contribution < -0.4 is 14.8 Å². The fraction of sp³-hybridized carbons (Fsp3) is 0.250. The lowest BCUT2D eigenvalue weighted by molar-refractivity contribution is 0.102. The van der Waals surface area contributed by atoms with Gasteiger partial charge in [-0.15, -0.1) is 0 Å². The predicted octanol–water partition coefficient (Wildman–Crippen LogP) is 4.31. The summed E-state index contributed by atoms with van der Waals surface area (Å²) in [6.45, 7) is 4.94. The normalized spacial score (nSPS) is 13.3. The zero-order valence-corrected chi connectivity index (χ0v) is 15.8. The van der Waals surface area contributed by atoms with Crippen LogP contribution in [-0.2, 0) is 0 Å². The van der Waals surface area contributed by atoms with Gasteiger partial charge in [-0.2, -0.15) is 0 Å².